The van der Waals surface area contributed by atoms with Gasteiger partial charge < -0.3 is 36.1 Å². The summed E-state index contributed by atoms with van der Waals surface area (Å²) >= 11 is 0. The highest BCUT2D eigenvalue weighted by Gasteiger charge is 2.39. The second kappa shape index (κ2) is 19.7. The molecule has 0 radical (unpaired) electrons. The van der Waals surface area contributed by atoms with Crippen LogP contribution in [0.5, 0.6) is 0 Å². The van der Waals surface area contributed by atoms with E-state index in [1.807, 2.05) is 13.8 Å². The van der Waals surface area contributed by atoms with Crippen molar-refractivity contribution in [3.05, 3.63) is 35.9 Å². The Morgan fingerprint density at radius 1 is 0.741 bits per heavy atom. The topological polar surface area (TPSA) is 198 Å². The molecule has 5 N–H and O–H groups in total. The summed E-state index contributed by atoms with van der Waals surface area (Å²) in [5.74, 6) is -4.10. The van der Waals surface area contributed by atoms with Gasteiger partial charge in [0.1, 0.15) is 17.7 Å². The van der Waals surface area contributed by atoms with Crippen molar-refractivity contribution in [3.8, 4) is 0 Å². The number of carbonyl (C=O) groups is 7. The lowest BCUT2D eigenvalue weighted by atomic mass is 9.83. The summed E-state index contributed by atoms with van der Waals surface area (Å²) in [6.45, 7) is 8.55. The van der Waals surface area contributed by atoms with Crippen molar-refractivity contribution in [1.82, 2.24) is 26.6 Å². The molecule has 5 amide bonds. The Hall–Kier alpha value is -4.49. The number of esters is 1. The van der Waals surface area contributed by atoms with E-state index in [0.29, 0.717) is 12.0 Å². The molecule has 0 bridgehead atoms. The van der Waals surface area contributed by atoms with E-state index in [2.05, 4.69) is 26.6 Å². The molecule has 0 spiro atoms. The van der Waals surface area contributed by atoms with Gasteiger partial charge in [-0.15, -0.1) is 0 Å². The average Bonchev–Trinajstić information content (AvgIpc) is 4.07. The molecule has 4 rings (SSSR count). The number of ether oxygens (including phenoxy) is 2. The maximum absolute atomic E-state index is 13.8. The second-order valence-corrected chi connectivity index (χ2v) is 16.5. The predicted molar refractivity (Wildman–Crippen MR) is 199 cm³/mol. The number of ketones is 1. The van der Waals surface area contributed by atoms with Gasteiger partial charge in [-0.1, -0.05) is 89.1 Å². The number of Topliss-reactive ketones (excluding diaryl/α,β-unsaturated/α-hetero) is 1. The first-order valence-electron chi connectivity index (χ1n) is 19.5. The Balaban J connectivity index is 1.40. The second-order valence-electron chi connectivity index (χ2n) is 16.5. The number of nitrogens with one attached hydrogen (secondary N) is 5. The molecule has 0 heterocycles. The Morgan fingerprint density at radius 3 is 1.91 bits per heavy atom. The molecule has 0 aromatic heterocycles. The normalized spacial score (nSPS) is 18.3. The highest BCUT2D eigenvalue weighted by Crippen LogP contribution is 2.35. The molecule has 0 saturated heterocycles. The molecule has 3 aliphatic carbocycles. The number of alkyl carbamates (subject to hydrolysis) is 1. The van der Waals surface area contributed by atoms with Crippen LogP contribution >= 0.6 is 0 Å². The molecular weight excluding hydrogens is 694 g/mol. The van der Waals surface area contributed by atoms with Gasteiger partial charge in [0.05, 0.1) is 19.2 Å². The first-order chi connectivity index (χ1) is 25.6. The molecule has 1 aromatic carbocycles. The summed E-state index contributed by atoms with van der Waals surface area (Å²) in [5, 5.41) is 13.3. The molecule has 3 aliphatic rings. The molecule has 4 atom stereocenters. The van der Waals surface area contributed by atoms with Gasteiger partial charge >= 0.3 is 12.1 Å². The monoisotopic (exact) mass is 753 g/mol. The SMILES string of the molecule is CC(C)COC(=O)NC(C(=O)N[C@@H](CC1CC1)C(=O)NC(CC1CC1)C(=O)C(=O)NCC(=O)NC(C(=O)OC(C)(C)C)c1ccccc1)C1CCCCC1. The fourth-order valence-electron chi connectivity index (χ4n) is 6.55. The minimum Gasteiger partial charge on any atom is -0.458 e. The summed E-state index contributed by atoms with van der Waals surface area (Å²) in [6.07, 6.45) is 7.79. The number of amides is 5. The lowest BCUT2D eigenvalue weighted by Crippen LogP contribution is -2.58. The van der Waals surface area contributed by atoms with Gasteiger partial charge in [-0.05, 0) is 75.7 Å². The average molecular weight is 754 g/mol. The van der Waals surface area contributed by atoms with E-state index in [4.69, 9.17) is 9.47 Å². The Morgan fingerprint density at radius 2 is 1.33 bits per heavy atom. The molecule has 3 saturated carbocycles. The van der Waals surface area contributed by atoms with Crippen LogP contribution in [-0.2, 0) is 38.2 Å². The lowest BCUT2D eigenvalue weighted by molar-refractivity contribution is -0.158. The maximum Gasteiger partial charge on any atom is 0.407 e. The third-order valence-corrected chi connectivity index (χ3v) is 9.74. The molecule has 54 heavy (non-hydrogen) atoms. The summed E-state index contributed by atoms with van der Waals surface area (Å²) in [7, 11) is 0. The molecule has 3 fully saturated rings. The number of benzene rings is 1. The van der Waals surface area contributed by atoms with E-state index in [1.54, 1.807) is 51.1 Å². The van der Waals surface area contributed by atoms with Crippen LogP contribution in [0.1, 0.15) is 117 Å². The van der Waals surface area contributed by atoms with Crippen molar-refractivity contribution in [3.63, 3.8) is 0 Å². The molecular formula is C40H59N5O9. The van der Waals surface area contributed by atoms with Crippen LogP contribution in [0, 0.1) is 23.7 Å². The van der Waals surface area contributed by atoms with E-state index in [0.717, 1.165) is 57.8 Å². The fourth-order valence-corrected chi connectivity index (χ4v) is 6.55. The molecule has 298 valence electrons. The summed E-state index contributed by atoms with van der Waals surface area (Å²) in [4.78, 5) is 92.9. The van der Waals surface area contributed by atoms with Crippen LogP contribution in [0.15, 0.2) is 30.3 Å². The van der Waals surface area contributed by atoms with E-state index >= 15 is 0 Å². The zero-order chi connectivity index (χ0) is 39.4. The van der Waals surface area contributed by atoms with Crippen LogP contribution in [-0.4, -0.2) is 78.4 Å². The molecule has 14 nitrogen and oxygen atoms in total. The summed E-state index contributed by atoms with van der Waals surface area (Å²) in [5.41, 5.74) is -0.332. The smallest absolute Gasteiger partial charge is 0.407 e. The number of hydrogen-bond donors (Lipinski definition) is 5. The minimum absolute atomic E-state index is 0.117. The van der Waals surface area contributed by atoms with Crippen molar-refractivity contribution in [2.75, 3.05) is 13.2 Å². The van der Waals surface area contributed by atoms with Crippen LogP contribution < -0.4 is 26.6 Å². The lowest BCUT2D eigenvalue weighted by Gasteiger charge is -2.31. The molecule has 3 unspecified atom stereocenters. The number of hydrogen-bond acceptors (Lipinski definition) is 9. The highest BCUT2D eigenvalue weighted by molar-refractivity contribution is 6.38. The van der Waals surface area contributed by atoms with E-state index in [1.165, 1.54) is 0 Å². The summed E-state index contributed by atoms with van der Waals surface area (Å²) < 4.78 is 10.8. The number of carbonyl (C=O) groups excluding carboxylic acids is 7. The van der Waals surface area contributed by atoms with Crippen molar-refractivity contribution >= 4 is 41.5 Å². The van der Waals surface area contributed by atoms with Gasteiger partial charge in [-0.3, -0.25) is 24.0 Å². The Kier molecular flexibility index (Phi) is 15.4. The zero-order valence-electron chi connectivity index (χ0n) is 32.4. The van der Waals surface area contributed by atoms with Gasteiger partial charge in [0, 0.05) is 0 Å². The van der Waals surface area contributed by atoms with Gasteiger partial charge in [0.2, 0.25) is 23.5 Å². The molecule has 1 aromatic rings. The van der Waals surface area contributed by atoms with Gasteiger partial charge in [0.25, 0.3) is 5.91 Å². The van der Waals surface area contributed by atoms with Crippen LogP contribution in [0.4, 0.5) is 4.79 Å². The third-order valence-electron chi connectivity index (χ3n) is 9.74. The molecule has 14 heteroatoms. The third kappa shape index (κ3) is 14.4. The first-order valence-corrected chi connectivity index (χ1v) is 19.5. The van der Waals surface area contributed by atoms with E-state index in [-0.39, 0.29) is 36.7 Å². The fraction of sp³-hybridized carbons (Fsp3) is 0.675. The van der Waals surface area contributed by atoms with Gasteiger partial charge in [-0.25, -0.2) is 9.59 Å². The van der Waals surface area contributed by atoms with Crippen LogP contribution in [0.3, 0.4) is 0 Å². The van der Waals surface area contributed by atoms with Crippen molar-refractivity contribution < 1.29 is 43.0 Å². The van der Waals surface area contributed by atoms with Crippen LogP contribution in [0.25, 0.3) is 0 Å². The molecule has 0 aliphatic heterocycles. The summed E-state index contributed by atoms with van der Waals surface area (Å²) in [6, 6.07) is 4.31. The van der Waals surface area contributed by atoms with Crippen LogP contribution in [0.2, 0.25) is 0 Å². The standard InChI is InChI=1S/C40H59N5O9/c1-24(2)23-53-39(52)45-32(27-12-8-6-9-13-27)36(49)43-30(21-26-18-19-26)35(48)42-29(20-25-16-17-25)34(47)37(50)41-22-31(46)44-33(28-14-10-7-11-15-28)38(51)54-40(3,4)5/h7,10-11,14-15,24-27,29-30,32-33H,6,8-9,12-13,16-23H2,1-5H3,(H,41,50)(H,42,48)(H,43,49)(H,44,46)(H,45,52)/t29?,30-,32?,33?/m0/s1. The largest absolute Gasteiger partial charge is 0.458 e. The van der Waals surface area contributed by atoms with Gasteiger partial charge in [0.15, 0.2) is 6.04 Å². The maximum atomic E-state index is 13.8. The van der Waals surface area contributed by atoms with Crippen molar-refractivity contribution in [2.24, 2.45) is 23.7 Å². The zero-order valence-corrected chi connectivity index (χ0v) is 32.4. The van der Waals surface area contributed by atoms with Gasteiger partial charge in [-0.2, -0.15) is 0 Å². The first kappa shape index (κ1) is 42.3. The highest BCUT2D eigenvalue weighted by atomic mass is 16.6. The quantitative estimate of drug-likeness (QED) is 0.103. The Bertz CT molecular complexity index is 1480. The predicted octanol–water partition coefficient (Wildman–Crippen LogP) is 3.77. The Labute approximate surface area is 318 Å². The van der Waals surface area contributed by atoms with Crippen molar-refractivity contribution in [2.45, 2.75) is 135 Å². The minimum atomic E-state index is -1.18. The van der Waals surface area contributed by atoms with E-state index < -0.39 is 77.8 Å². The van der Waals surface area contributed by atoms with E-state index in [9.17, 15) is 33.6 Å². The number of rotatable bonds is 19. The van der Waals surface area contributed by atoms with Crippen molar-refractivity contribution in [1.29, 1.82) is 0 Å².